The molecule has 0 amide bonds. The van der Waals surface area contributed by atoms with Crippen molar-refractivity contribution >= 4 is 11.4 Å². The second-order valence-electron chi connectivity index (χ2n) is 4.35. The smallest absolute Gasteiger partial charge is 0.101 e. The van der Waals surface area contributed by atoms with E-state index in [4.69, 9.17) is 5.26 Å². The van der Waals surface area contributed by atoms with Crippen molar-refractivity contribution in [2.45, 2.75) is 6.92 Å². The molecular weight excluding hydrogens is 234 g/mol. The maximum absolute atomic E-state index is 9.18. The topological polar surface area (TPSA) is 50.8 Å². The Morgan fingerprint density at radius 2 is 1.79 bits per heavy atom. The van der Waals surface area contributed by atoms with E-state index >= 15 is 0 Å². The van der Waals surface area contributed by atoms with Crippen molar-refractivity contribution in [2.24, 2.45) is 0 Å². The zero-order valence-electron chi connectivity index (χ0n) is 10.9. The fraction of sp³-hybridized carbons (Fsp3) is 0.125. The number of aryl methyl sites for hydroxylation is 1. The molecule has 0 N–H and O–H groups in total. The second-order valence-corrected chi connectivity index (χ2v) is 4.35. The van der Waals surface area contributed by atoms with Gasteiger partial charge < -0.3 is 4.90 Å². The van der Waals surface area contributed by atoms with Crippen molar-refractivity contribution in [2.75, 3.05) is 11.9 Å². The highest BCUT2D eigenvalue weighted by Gasteiger charge is 2.10. The third kappa shape index (κ3) is 2.56. The molecule has 0 saturated carbocycles. The minimum absolute atomic E-state index is 0.607. The lowest BCUT2D eigenvalue weighted by molar-refractivity contribution is 1.19. The molecule has 3 heteroatoms. The molecule has 0 spiro atoms. The van der Waals surface area contributed by atoms with Crippen LogP contribution in [0, 0.1) is 29.6 Å². The molecular formula is C16H13N3. The molecule has 2 aromatic carbocycles. The van der Waals surface area contributed by atoms with Gasteiger partial charge in [-0.2, -0.15) is 10.5 Å². The van der Waals surface area contributed by atoms with Crippen molar-refractivity contribution < 1.29 is 0 Å². The summed E-state index contributed by atoms with van der Waals surface area (Å²) in [6.45, 7) is 1.99. The highest BCUT2D eigenvalue weighted by Crippen LogP contribution is 2.28. The van der Waals surface area contributed by atoms with E-state index in [1.165, 1.54) is 0 Å². The van der Waals surface area contributed by atoms with Gasteiger partial charge in [0.15, 0.2) is 0 Å². The molecule has 0 aliphatic rings. The zero-order valence-corrected chi connectivity index (χ0v) is 10.9. The molecule has 0 saturated heterocycles. The minimum atomic E-state index is 0.607. The van der Waals surface area contributed by atoms with Gasteiger partial charge in [0.05, 0.1) is 22.9 Å². The van der Waals surface area contributed by atoms with Crippen molar-refractivity contribution in [3.05, 3.63) is 59.2 Å². The SMILES string of the molecule is Cc1ccc(C#N)c(N(C)c2cccc(C#N)c2)c1. The van der Waals surface area contributed by atoms with Crippen LogP contribution in [0.3, 0.4) is 0 Å². The Morgan fingerprint density at radius 1 is 1.00 bits per heavy atom. The van der Waals surface area contributed by atoms with Crippen LogP contribution in [-0.4, -0.2) is 7.05 Å². The van der Waals surface area contributed by atoms with E-state index in [-0.39, 0.29) is 0 Å². The number of nitriles is 2. The van der Waals surface area contributed by atoms with Crippen molar-refractivity contribution in [3.8, 4) is 12.1 Å². The number of anilines is 2. The summed E-state index contributed by atoms with van der Waals surface area (Å²) in [7, 11) is 1.89. The first-order valence-electron chi connectivity index (χ1n) is 5.90. The fourth-order valence-corrected chi connectivity index (χ4v) is 1.94. The molecule has 3 nitrogen and oxygen atoms in total. The molecule has 0 atom stereocenters. The van der Waals surface area contributed by atoms with E-state index < -0.39 is 0 Å². The largest absolute Gasteiger partial charge is 0.344 e. The normalized spacial score (nSPS) is 9.47. The maximum atomic E-state index is 9.18. The Morgan fingerprint density at radius 3 is 2.47 bits per heavy atom. The summed E-state index contributed by atoms with van der Waals surface area (Å²) < 4.78 is 0. The summed E-state index contributed by atoms with van der Waals surface area (Å²) in [6, 6.07) is 17.4. The quantitative estimate of drug-likeness (QED) is 0.816. The molecule has 2 aromatic rings. The third-order valence-electron chi connectivity index (χ3n) is 3.00. The predicted octanol–water partition coefficient (Wildman–Crippen LogP) is 3.51. The summed E-state index contributed by atoms with van der Waals surface area (Å²) in [5.41, 5.74) is 4.06. The van der Waals surface area contributed by atoms with Crippen molar-refractivity contribution in [3.63, 3.8) is 0 Å². The first-order valence-corrected chi connectivity index (χ1v) is 5.90. The highest BCUT2D eigenvalue weighted by molar-refractivity contribution is 5.70. The maximum Gasteiger partial charge on any atom is 0.101 e. The molecule has 2 rings (SSSR count). The van der Waals surface area contributed by atoms with Gasteiger partial charge in [-0.05, 0) is 42.8 Å². The first kappa shape index (κ1) is 12.7. The van der Waals surface area contributed by atoms with Crippen molar-refractivity contribution in [1.82, 2.24) is 0 Å². The molecule has 0 bridgehead atoms. The van der Waals surface area contributed by atoms with E-state index in [0.29, 0.717) is 11.1 Å². The lowest BCUT2D eigenvalue weighted by Gasteiger charge is -2.21. The zero-order chi connectivity index (χ0) is 13.8. The minimum Gasteiger partial charge on any atom is -0.344 e. The van der Waals surface area contributed by atoms with Crippen LogP contribution in [0.25, 0.3) is 0 Å². The van der Waals surface area contributed by atoms with Crippen LogP contribution in [0.2, 0.25) is 0 Å². The van der Waals surface area contributed by atoms with E-state index in [1.807, 2.05) is 55.3 Å². The molecule has 0 aromatic heterocycles. The van der Waals surface area contributed by atoms with E-state index in [2.05, 4.69) is 12.1 Å². The standard InChI is InChI=1S/C16H13N3/c1-12-6-7-14(11-18)16(8-12)19(2)15-5-3-4-13(9-15)10-17/h3-9H,1-2H3. The summed E-state index contributed by atoms with van der Waals surface area (Å²) >= 11 is 0. The van der Waals surface area contributed by atoms with Gasteiger partial charge in [0.2, 0.25) is 0 Å². The Kier molecular flexibility index (Phi) is 3.50. The molecule has 0 aliphatic carbocycles. The van der Waals surface area contributed by atoms with Crippen LogP contribution < -0.4 is 4.90 Å². The first-order chi connectivity index (χ1) is 9.15. The average Bonchev–Trinajstić information content (AvgIpc) is 2.46. The number of rotatable bonds is 2. The predicted molar refractivity (Wildman–Crippen MR) is 75.1 cm³/mol. The lowest BCUT2D eigenvalue weighted by atomic mass is 10.1. The number of benzene rings is 2. The van der Waals surface area contributed by atoms with Crippen LogP contribution in [0.5, 0.6) is 0 Å². The Balaban J connectivity index is 2.50. The summed E-state index contributed by atoms with van der Waals surface area (Å²) in [5.74, 6) is 0. The van der Waals surface area contributed by atoms with Crippen LogP contribution in [-0.2, 0) is 0 Å². The summed E-state index contributed by atoms with van der Waals surface area (Å²) in [5, 5.41) is 18.1. The van der Waals surface area contributed by atoms with Crippen molar-refractivity contribution in [1.29, 1.82) is 10.5 Å². The van der Waals surface area contributed by atoms with Crippen LogP contribution >= 0.6 is 0 Å². The molecule has 0 aliphatic heterocycles. The molecule has 0 radical (unpaired) electrons. The number of hydrogen-bond donors (Lipinski definition) is 0. The average molecular weight is 247 g/mol. The summed E-state index contributed by atoms with van der Waals surface area (Å²) in [6.07, 6.45) is 0. The van der Waals surface area contributed by atoms with E-state index in [0.717, 1.165) is 16.9 Å². The van der Waals surface area contributed by atoms with Gasteiger partial charge in [-0.25, -0.2) is 0 Å². The monoisotopic (exact) mass is 247 g/mol. The number of hydrogen-bond acceptors (Lipinski definition) is 3. The number of nitrogens with zero attached hydrogens (tertiary/aromatic N) is 3. The molecule has 92 valence electrons. The van der Waals surface area contributed by atoms with Gasteiger partial charge in [0, 0.05) is 12.7 Å². The molecule has 0 fully saturated rings. The van der Waals surface area contributed by atoms with Crippen LogP contribution in [0.1, 0.15) is 16.7 Å². The molecule has 19 heavy (non-hydrogen) atoms. The highest BCUT2D eigenvalue weighted by atomic mass is 15.1. The van der Waals surface area contributed by atoms with Gasteiger partial charge in [-0.3, -0.25) is 0 Å². The molecule has 0 unspecified atom stereocenters. The summed E-state index contributed by atoms with van der Waals surface area (Å²) in [4.78, 5) is 1.92. The van der Waals surface area contributed by atoms with Gasteiger partial charge >= 0.3 is 0 Å². The Hall–Kier alpha value is -2.78. The van der Waals surface area contributed by atoms with Gasteiger partial charge in [0.25, 0.3) is 0 Å². The van der Waals surface area contributed by atoms with Gasteiger partial charge in [-0.1, -0.05) is 12.1 Å². The second kappa shape index (κ2) is 5.25. The Bertz CT molecular complexity index is 690. The van der Waals surface area contributed by atoms with E-state index in [9.17, 15) is 5.26 Å². The van der Waals surface area contributed by atoms with Crippen LogP contribution in [0.15, 0.2) is 42.5 Å². The third-order valence-corrected chi connectivity index (χ3v) is 3.00. The van der Waals surface area contributed by atoms with E-state index in [1.54, 1.807) is 6.07 Å². The Labute approximate surface area is 112 Å². The fourth-order valence-electron chi connectivity index (χ4n) is 1.94. The lowest BCUT2D eigenvalue weighted by Crippen LogP contribution is -2.11. The van der Waals surface area contributed by atoms with Gasteiger partial charge in [0.1, 0.15) is 6.07 Å². The van der Waals surface area contributed by atoms with Gasteiger partial charge in [-0.15, -0.1) is 0 Å². The van der Waals surface area contributed by atoms with Crippen LogP contribution in [0.4, 0.5) is 11.4 Å². The molecule has 0 heterocycles.